The molecular weight excluding hydrogens is 405 g/mol. The van der Waals surface area contributed by atoms with Crippen LogP contribution in [0, 0.1) is 3.57 Å². The Hall–Kier alpha value is -2.62. The van der Waals surface area contributed by atoms with Gasteiger partial charge in [0.15, 0.2) is 0 Å². The first-order valence-electron chi connectivity index (χ1n) is 6.82. The van der Waals surface area contributed by atoms with E-state index in [1.165, 1.54) is 0 Å². The molecule has 7 nitrogen and oxygen atoms in total. The summed E-state index contributed by atoms with van der Waals surface area (Å²) >= 11 is 2.28. The summed E-state index contributed by atoms with van der Waals surface area (Å²) in [6.45, 7) is 0. The van der Waals surface area contributed by atoms with Gasteiger partial charge in [-0.3, -0.25) is 0 Å². The average Bonchev–Trinajstić information content (AvgIpc) is 3.27. The van der Waals surface area contributed by atoms with Crippen LogP contribution in [0.1, 0.15) is 0 Å². The number of tetrazole rings is 1. The highest BCUT2D eigenvalue weighted by Crippen LogP contribution is 2.23. The Bertz CT molecular complexity index is 946. The molecule has 0 amide bonds. The fourth-order valence-electron chi connectivity index (χ4n) is 2.24. The van der Waals surface area contributed by atoms with E-state index in [1.54, 1.807) is 4.68 Å². The first-order valence-corrected chi connectivity index (χ1v) is 7.90. The summed E-state index contributed by atoms with van der Waals surface area (Å²) in [4.78, 5) is 0. The quantitative estimate of drug-likeness (QED) is 0.521. The molecule has 0 aliphatic heterocycles. The van der Waals surface area contributed by atoms with E-state index in [0.717, 1.165) is 26.1 Å². The van der Waals surface area contributed by atoms with Crippen molar-refractivity contribution in [3.8, 4) is 28.3 Å². The third-order valence-electron chi connectivity index (χ3n) is 3.33. The van der Waals surface area contributed by atoms with Gasteiger partial charge >= 0.3 is 0 Å². The minimum Gasteiger partial charge on any atom is -0.220 e. The van der Waals surface area contributed by atoms with Crippen molar-refractivity contribution in [1.82, 2.24) is 35.6 Å². The van der Waals surface area contributed by atoms with Gasteiger partial charge in [-0.2, -0.15) is 5.21 Å². The van der Waals surface area contributed by atoms with Crippen LogP contribution in [-0.4, -0.2) is 35.6 Å². The predicted octanol–water partition coefficient (Wildman–Crippen LogP) is 2.72. The summed E-state index contributed by atoms with van der Waals surface area (Å²) in [5.74, 6) is 0.553. The lowest BCUT2D eigenvalue weighted by atomic mass is 10.1. The summed E-state index contributed by atoms with van der Waals surface area (Å²) in [6, 6.07) is 15.9. The van der Waals surface area contributed by atoms with Gasteiger partial charge in [0.1, 0.15) is 5.69 Å². The lowest BCUT2D eigenvalue weighted by molar-refractivity contribution is 0.803. The normalized spacial score (nSPS) is 10.8. The van der Waals surface area contributed by atoms with Crippen molar-refractivity contribution in [3.05, 3.63) is 58.3 Å². The molecule has 4 aromatic rings. The molecule has 0 atom stereocenters. The predicted molar refractivity (Wildman–Crippen MR) is 92.7 cm³/mol. The van der Waals surface area contributed by atoms with E-state index >= 15 is 0 Å². The second-order valence-corrected chi connectivity index (χ2v) is 6.09. The first-order chi connectivity index (χ1) is 11.3. The van der Waals surface area contributed by atoms with Crippen molar-refractivity contribution in [1.29, 1.82) is 0 Å². The number of benzene rings is 2. The number of hydrogen-bond acceptors (Lipinski definition) is 5. The highest BCUT2D eigenvalue weighted by molar-refractivity contribution is 14.1. The maximum absolute atomic E-state index is 4.26. The molecule has 0 radical (unpaired) electrons. The molecule has 0 spiro atoms. The number of rotatable bonds is 3. The summed E-state index contributed by atoms with van der Waals surface area (Å²) in [5.41, 5.74) is 3.59. The second-order valence-electron chi connectivity index (χ2n) is 4.84. The molecule has 23 heavy (non-hydrogen) atoms. The number of nitrogens with one attached hydrogen (secondary N) is 1. The molecule has 0 unspecified atom stereocenters. The van der Waals surface area contributed by atoms with E-state index in [4.69, 9.17) is 0 Å². The van der Waals surface area contributed by atoms with Crippen LogP contribution in [0.2, 0.25) is 0 Å². The van der Waals surface area contributed by atoms with Crippen LogP contribution in [0.3, 0.4) is 0 Å². The Morgan fingerprint density at radius 2 is 1.83 bits per heavy atom. The molecule has 0 saturated heterocycles. The zero-order chi connectivity index (χ0) is 15.6. The van der Waals surface area contributed by atoms with Crippen LogP contribution in [0.15, 0.2) is 54.7 Å². The highest BCUT2D eigenvalue weighted by Gasteiger charge is 2.09. The van der Waals surface area contributed by atoms with Crippen molar-refractivity contribution in [3.63, 3.8) is 0 Å². The summed E-state index contributed by atoms with van der Waals surface area (Å²) < 4.78 is 2.91. The lowest BCUT2D eigenvalue weighted by Crippen LogP contribution is -1.94. The zero-order valence-corrected chi connectivity index (χ0v) is 13.9. The van der Waals surface area contributed by atoms with Crippen molar-refractivity contribution < 1.29 is 0 Å². The Kier molecular flexibility index (Phi) is 3.58. The van der Waals surface area contributed by atoms with Crippen LogP contribution in [0.4, 0.5) is 0 Å². The number of nitrogens with zero attached hydrogens (tertiary/aromatic N) is 6. The molecular formula is C15H10IN7. The zero-order valence-electron chi connectivity index (χ0n) is 11.8. The topological polar surface area (TPSA) is 85.2 Å². The number of aromatic amines is 1. The van der Waals surface area contributed by atoms with E-state index in [9.17, 15) is 0 Å². The maximum Gasteiger partial charge on any atom is 0.204 e. The molecule has 0 aliphatic carbocycles. The monoisotopic (exact) mass is 415 g/mol. The Morgan fingerprint density at radius 3 is 2.65 bits per heavy atom. The van der Waals surface area contributed by atoms with E-state index in [-0.39, 0.29) is 0 Å². The minimum absolute atomic E-state index is 0.553. The van der Waals surface area contributed by atoms with Gasteiger partial charge in [0, 0.05) is 14.7 Å². The lowest BCUT2D eigenvalue weighted by Gasteiger charge is -2.00. The van der Waals surface area contributed by atoms with Crippen LogP contribution in [0.5, 0.6) is 0 Å². The van der Waals surface area contributed by atoms with Gasteiger partial charge in [0.25, 0.3) is 0 Å². The van der Waals surface area contributed by atoms with Crippen molar-refractivity contribution in [2.75, 3.05) is 0 Å². The van der Waals surface area contributed by atoms with E-state index in [0.29, 0.717) is 5.82 Å². The van der Waals surface area contributed by atoms with Crippen LogP contribution in [0.25, 0.3) is 28.3 Å². The molecule has 0 aliphatic rings. The molecule has 1 N–H and O–H groups in total. The Morgan fingerprint density at radius 1 is 0.957 bits per heavy atom. The fourth-order valence-corrected chi connectivity index (χ4v) is 2.77. The van der Waals surface area contributed by atoms with Gasteiger partial charge < -0.3 is 0 Å². The number of hydrogen-bond donors (Lipinski definition) is 1. The largest absolute Gasteiger partial charge is 0.220 e. The summed E-state index contributed by atoms with van der Waals surface area (Å²) in [6.07, 6.45) is 1.90. The smallest absolute Gasteiger partial charge is 0.204 e. The number of H-pyrrole nitrogens is 1. The van der Waals surface area contributed by atoms with Gasteiger partial charge in [-0.25, -0.2) is 4.68 Å². The van der Waals surface area contributed by atoms with Crippen molar-refractivity contribution in [2.24, 2.45) is 0 Å². The Labute approximate surface area is 144 Å². The molecule has 2 aromatic carbocycles. The first kappa shape index (κ1) is 14.0. The van der Waals surface area contributed by atoms with Gasteiger partial charge in [0.05, 0.1) is 11.9 Å². The molecule has 2 heterocycles. The highest BCUT2D eigenvalue weighted by atomic mass is 127. The molecule has 2 aromatic heterocycles. The van der Waals surface area contributed by atoms with Gasteiger partial charge in [-0.05, 0) is 52.1 Å². The molecule has 0 bridgehead atoms. The minimum atomic E-state index is 0.553. The van der Waals surface area contributed by atoms with E-state index < -0.39 is 0 Å². The van der Waals surface area contributed by atoms with Gasteiger partial charge in [-0.1, -0.05) is 29.5 Å². The SMILES string of the molecule is Ic1cccc(-n2cc(-c3cccc(-c4nn[nH]n4)c3)nn2)c1. The van der Waals surface area contributed by atoms with E-state index in [1.807, 2.05) is 48.7 Å². The third kappa shape index (κ3) is 2.84. The molecule has 0 saturated carbocycles. The molecule has 0 fully saturated rings. The molecule has 4 rings (SSSR count). The maximum atomic E-state index is 4.26. The van der Waals surface area contributed by atoms with Gasteiger partial charge in [0.2, 0.25) is 5.82 Å². The third-order valence-corrected chi connectivity index (χ3v) is 4.00. The molecule has 8 heteroatoms. The standard InChI is InChI=1S/C15H10IN7/c16-12-5-2-6-13(8-12)23-9-14(17-22-23)10-3-1-4-11(7-10)15-18-20-21-19-15/h1-9H,(H,18,19,20,21). The fraction of sp³-hybridized carbons (Fsp3) is 0. The summed E-state index contributed by atoms with van der Waals surface area (Å²) in [7, 11) is 0. The average molecular weight is 415 g/mol. The van der Waals surface area contributed by atoms with Gasteiger partial charge in [-0.15, -0.1) is 15.3 Å². The van der Waals surface area contributed by atoms with Crippen LogP contribution in [-0.2, 0) is 0 Å². The van der Waals surface area contributed by atoms with Crippen LogP contribution < -0.4 is 0 Å². The number of aromatic nitrogens is 7. The van der Waals surface area contributed by atoms with Crippen molar-refractivity contribution in [2.45, 2.75) is 0 Å². The summed E-state index contributed by atoms with van der Waals surface area (Å²) in [5, 5.41) is 22.5. The molecule has 112 valence electrons. The number of halogens is 1. The van der Waals surface area contributed by atoms with Crippen molar-refractivity contribution >= 4 is 22.6 Å². The second kappa shape index (κ2) is 5.88. The van der Waals surface area contributed by atoms with E-state index in [2.05, 4.69) is 59.6 Å². The Balaban J connectivity index is 1.71. The van der Waals surface area contributed by atoms with Crippen LogP contribution >= 0.6 is 22.6 Å².